The normalized spacial score (nSPS) is 10.8. The van der Waals surface area contributed by atoms with E-state index >= 15 is 0 Å². The van der Waals surface area contributed by atoms with E-state index in [0.717, 1.165) is 12.5 Å². The first-order valence-corrected chi connectivity index (χ1v) is 9.41. The van der Waals surface area contributed by atoms with Gasteiger partial charge in [0, 0.05) is 17.7 Å². The van der Waals surface area contributed by atoms with Gasteiger partial charge in [0.15, 0.2) is 5.78 Å². The van der Waals surface area contributed by atoms with Gasteiger partial charge in [0.25, 0.3) is 5.69 Å². The van der Waals surface area contributed by atoms with Gasteiger partial charge in [0.1, 0.15) is 11.3 Å². The van der Waals surface area contributed by atoms with Crippen molar-refractivity contribution in [2.45, 2.75) is 0 Å². The molecule has 0 atom stereocenters. The highest BCUT2D eigenvalue weighted by Gasteiger charge is 2.33. The van der Waals surface area contributed by atoms with Crippen molar-refractivity contribution < 1.29 is 28.8 Å². The minimum absolute atomic E-state index is 0.0585. The molecule has 32 heavy (non-hydrogen) atoms. The quantitative estimate of drug-likeness (QED) is 0.204. The lowest BCUT2D eigenvalue weighted by atomic mass is 9.99. The van der Waals surface area contributed by atoms with Crippen molar-refractivity contribution >= 4 is 39.8 Å². The van der Waals surface area contributed by atoms with E-state index in [4.69, 9.17) is 9.47 Å². The van der Waals surface area contributed by atoms with Crippen molar-refractivity contribution in [1.82, 2.24) is 4.40 Å². The van der Waals surface area contributed by atoms with Crippen LogP contribution in [0.1, 0.15) is 36.8 Å². The number of rotatable bonds is 5. The van der Waals surface area contributed by atoms with Gasteiger partial charge in [-0.15, -0.1) is 0 Å². The third-order valence-electron chi connectivity index (χ3n) is 5.14. The number of hydrogen-bond acceptors (Lipinski definition) is 7. The second-order valence-electron chi connectivity index (χ2n) is 6.83. The van der Waals surface area contributed by atoms with Crippen molar-refractivity contribution in [3.05, 3.63) is 93.2 Å². The fourth-order valence-corrected chi connectivity index (χ4v) is 3.70. The Kier molecular flexibility index (Phi) is 5.15. The van der Waals surface area contributed by atoms with Crippen LogP contribution in [0.25, 0.3) is 16.4 Å². The average Bonchev–Trinajstić information content (AvgIpc) is 3.18. The van der Waals surface area contributed by atoms with Gasteiger partial charge in [0.2, 0.25) is 0 Å². The molecule has 0 aliphatic rings. The van der Waals surface area contributed by atoms with E-state index in [-0.39, 0.29) is 28.1 Å². The summed E-state index contributed by atoms with van der Waals surface area (Å²) in [5.41, 5.74) is 0.369. The fraction of sp³-hybridized carbons (Fsp3) is 0.0870. The Bertz CT molecular complexity index is 1420. The van der Waals surface area contributed by atoms with Crippen molar-refractivity contribution in [3.63, 3.8) is 0 Å². The summed E-state index contributed by atoms with van der Waals surface area (Å²) in [6, 6.07) is 15.5. The predicted octanol–water partition coefficient (Wildman–Crippen LogP) is 3.80. The number of esters is 2. The molecule has 0 bridgehead atoms. The van der Waals surface area contributed by atoms with Crippen molar-refractivity contribution in [2.24, 2.45) is 0 Å². The Labute approximate surface area is 180 Å². The maximum absolute atomic E-state index is 13.5. The fourth-order valence-electron chi connectivity index (χ4n) is 3.70. The van der Waals surface area contributed by atoms with Gasteiger partial charge in [-0.25, -0.2) is 9.59 Å². The Morgan fingerprint density at radius 3 is 2.09 bits per heavy atom. The smallest absolute Gasteiger partial charge is 0.355 e. The van der Waals surface area contributed by atoms with Gasteiger partial charge in [-0.3, -0.25) is 14.9 Å². The molecule has 4 aromatic rings. The Morgan fingerprint density at radius 2 is 1.47 bits per heavy atom. The minimum Gasteiger partial charge on any atom is -0.465 e. The Hall–Kier alpha value is -4.53. The number of para-hydroxylation sites is 1. The zero-order valence-corrected chi connectivity index (χ0v) is 17.0. The van der Waals surface area contributed by atoms with E-state index < -0.39 is 22.6 Å². The number of nitro benzene ring substituents is 1. The Morgan fingerprint density at radius 1 is 0.812 bits per heavy atom. The van der Waals surface area contributed by atoms with Crippen molar-refractivity contribution in [1.29, 1.82) is 0 Å². The summed E-state index contributed by atoms with van der Waals surface area (Å²) < 4.78 is 11.3. The monoisotopic (exact) mass is 432 g/mol. The number of ketones is 1. The number of aromatic nitrogens is 1. The highest BCUT2D eigenvalue weighted by molar-refractivity contribution is 6.22. The van der Waals surface area contributed by atoms with Crippen LogP contribution in [0.2, 0.25) is 0 Å². The van der Waals surface area contributed by atoms with Crippen LogP contribution >= 0.6 is 0 Å². The van der Waals surface area contributed by atoms with Crippen LogP contribution in [0, 0.1) is 10.1 Å². The molecule has 2 aromatic carbocycles. The van der Waals surface area contributed by atoms with E-state index in [1.54, 1.807) is 24.3 Å². The molecule has 2 aromatic heterocycles. The lowest BCUT2D eigenvalue weighted by Gasteiger charge is -2.07. The summed E-state index contributed by atoms with van der Waals surface area (Å²) in [4.78, 5) is 49.4. The van der Waals surface area contributed by atoms with Gasteiger partial charge < -0.3 is 13.9 Å². The zero-order valence-electron chi connectivity index (χ0n) is 17.0. The van der Waals surface area contributed by atoms with Gasteiger partial charge in [0.05, 0.1) is 35.7 Å². The van der Waals surface area contributed by atoms with Crippen LogP contribution in [-0.4, -0.2) is 41.3 Å². The summed E-state index contributed by atoms with van der Waals surface area (Å²) in [6.45, 7) is 0. The zero-order chi connectivity index (χ0) is 23.0. The number of nitro groups is 1. The van der Waals surface area contributed by atoms with Crippen LogP contribution in [0.15, 0.2) is 60.7 Å². The molecule has 9 heteroatoms. The van der Waals surface area contributed by atoms with Crippen molar-refractivity contribution in [3.8, 4) is 0 Å². The third kappa shape index (κ3) is 3.16. The van der Waals surface area contributed by atoms with E-state index in [2.05, 4.69) is 0 Å². The molecule has 0 N–H and O–H groups in total. The first-order valence-electron chi connectivity index (χ1n) is 9.41. The van der Waals surface area contributed by atoms with Gasteiger partial charge in [-0.05, 0) is 29.7 Å². The Balaban J connectivity index is 2.10. The molecule has 0 unspecified atom stereocenters. The molecule has 0 radical (unpaired) electrons. The molecule has 0 amide bonds. The molecular weight excluding hydrogens is 416 g/mol. The minimum atomic E-state index is -0.886. The van der Waals surface area contributed by atoms with Gasteiger partial charge >= 0.3 is 11.9 Å². The number of pyridine rings is 1. The molecule has 4 rings (SSSR count). The summed E-state index contributed by atoms with van der Waals surface area (Å²) in [5.74, 6) is -2.30. The second kappa shape index (κ2) is 7.95. The van der Waals surface area contributed by atoms with Crippen LogP contribution in [-0.2, 0) is 9.47 Å². The molecule has 0 aliphatic heterocycles. The first kappa shape index (κ1) is 20.7. The van der Waals surface area contributed by atoms with Crippen LogP contribution in [0.5, 0.6) is 0 Å². The van der Waals surface area contributed by atoms with E-state index in [1.807, 2.05) is 12.1 Å². The molecule has 0 fully saturated rings. The number of nitrogens with zero attached hydrogens (tertiary/aromatic N) is 2. The molecule has 160 valence electrons. The number of carbonyl (C=O) groups is 3. The molecular formula is C23H16N2O7. The maximum Gasteiger partial charge on any atom is 0.355 e. The van der Waals surface area contributed by atoms with Crippen LogP contribution in [0.4, 0.5) is 5.69 Å². The summed E-state index contributed by atoms with van der Waals surface area (Å²) in [6.07, 6.45) is 0. The summed E-state index contributed by atoms with van der Waals surface area (Å²) >= 11 is 0. The van der Waals surface area contributed by atoms with Gasteiger partial charge in [-0.2, -0.15) is 0 Å². The first-order chi connectivity index (χ1) is 15.4. The predicted molar refractivity (Wildman–Crippen MR) is 114 cm³/mol. The molecule has 2 heterocycles. The molecule has 0 spiro atoms. The van der Waals surface area contributed by atoms with Crippen molar-refractivity contribution in [2.75, 3.05) is 14.2 Å². The average molecular weight is 432 g/mol. The SMILES string of the molecule is COC(=O)c1c(C(=O)c2ccc([N+](=O)[O-])cc2)c2ccc3ccccc3n2c1C(=O)OC. The van der Waals surface area contributed by atoms with E-state index in [1.165, 1.54) is 35.8 Å². The number of carbonyl (C=O) groups excluding carboxylic acids is 3. The van der Waals surface area contributed by atoms with E-state index in [9.17, 15) is 24.5 Å². The maximum atomic E-state index is 13.5. The number of benzene rings is 2. The van der Waals surface area contributed by atoms with E-state index in [0.29, 0.717) is 11.0 Å². The summed E-state index contributed by atoms with van der Waals surface area (Å²) in [7, 11) is 2.32. The second-order valence-corrected chi connectivity index (χ2v) is 6.83. The van der Waals surface area contributed by atoms with Crippen LogP contribution < -0.4 is 0 Å². The molecule has 9 nitrogen and oxygen atoms in total. The number of hydrogen-bond donors (Lipinski definition) is 0. The number of ether oxygens (including phenoxy) is 2. The molecule has 0 aliphatic carbocycles. The standard InChI is InChI=1S/C23H16N2O7/c1-31-22(27)19-18(21(26)14-7-10-15(11-8-14)25(29)30)17-12-9-13-5-3-4-6-16(13)24(17)20(19)23(28)32-2/h3-12H,1-2H3. The molecule has 0 saturated heterocycles. The number of fused-ring (bicyclic) bond motifs is 3. The highest BCUT2D eigenvalue weighted by atomic mass is 16.6. The lowest BCUT2D eigenvalue weighted by Crippen LogP contribution is -2.15. The summed E-state index contributed by atoms with van der Waals surface area (Å²) in [5, 5.41) is 11.7. The number of non-ortho nitro benzene ring substituents is 1. The third-order valence-corrected chi connectivity index (χ3v) is 5.14. The van der Waals surface area contributed by atoms with Crippen LogP contribution in [0.3, 0.4) is 0 Å². The number of methoxy groups -OCH3 is 2. The molecule has 0 saturated carbocycles. The van der Waals surface area contributed by atoms with Gasteiger partial charge in [-0.1, -0.05) is 24.3 Å². The highest BCUT2D eigenvalue weighted by Crippen LogP contribution is 2.32. The topological polar surface area (TPSA) is 117 Å². The largest absolute Gasteiger partial charge is 0.465 e. The lowest BCUT2D eigenvalue weighted by molar-refractivity contribution is -0.384.